The Morgan fingerprint density at radius 3 is 2.37 bits per heavy atom. The number of carbonyl (C=O) groups excluding carboxylic acids is 3. The van der Waals surface area contributed by atoms with E-state index in [4.69, 9.17) is 4.74 Å². The largest absolute Gasteiger partial charge is 0.381 e. The molecule has 1 aliphatic carbocycles. The van der Waals surface area contributed by atoms with Crippen LogP contribution in [0.5, 0.6) is 0 Å². The molecule has 3 unspecified atom stereocenters. The van der Waals surface area contributed by atoms with Crippen molar-refractivity contribution in [2.24, 2.45) is 11.8 Å². The van der Waals surface area contributed by atoms with Gasteiger partial charge in [0, 0.05) is 69.7 Å². The molecule has 0 aromatic heterocycles. The second kappa shape index (κ2) is 12.0. The van der Waals surface area contributed by atoms with Gasteiger partial charge in [0.2, 0.25) is 5.91 Å². The van der Waals surface area contributed by atoms with Crippen LogP contribution in [0.1, 0.15) is 89.7 Å². The molecule has 3 amide bonds. The number of nitrogens with one attached hydrogen (secondary N) is 1. The lowest BCUT2D eigenvalue weighted by atomic mass is 9.81. The summed E-state index contributed by atoms with van der Waals surface area (Å²) < 4.78 is 5.57. The summed E-state index contributed by atoms with van der Waals surface area (Å²) in [4.78, 5) is 45.8. The van der Waals surface area contributed by atoms with E-state index in [9.17, 15) is 14.4 Å². The topological polar surface area (TPSA) is 82.2 Å². The van der Waals surface area contributed by atoms with Crippen molar-refractivity contribution in [1.29, 1.82) is 0 Å². The van der Waals surface area contributed by atoms with Crippen LogP contribution in [0.2, 0.25) is 0 Å². The third-order valence-electron chi connectivity index (χ3n) is 10.6. The molecule has 5 aliphatic rings. The standard InChI is InChI=1S/C33H48N4O4/c1-23(2)37-32(40)35(21-24-13-16-41-17-14-24)22-33(37)19-27-9-10-28(20-33)36(27)15-12-30(25-6-4-3-5-7-25)34-31(39)26-8-11-29(38)18-26/h3-7,23-24,26-28,30H,8-22H2,1-2H3,(H,34,39)/t26?,27?,28?,30-,33?/m0/s1. The molecule has 8 heteroatoms. The van der Waals surface area contributed by atoms with E-state index in [1.165, 1.54) is 12.8 Å². The molecule has 6 rings (SSSR count). The molecule has 1 aromatic carbocycles. The first-order valence-electron chi connectivity index (χ1n) is 16.1. The molecular weight excluding hydrogens is 516 g/mol. The zero-order chi connectivity index (χ0) is 28.6. The Hall–Kier alpha value is -2.45. The van der Waals surface area contributed by atoms with Crippen molar-refractivity contribution in [3.8, 4) is 0 Å². The number of Topliss-reactive ketones (excluding diaryl/α,β-unsaturated/α-hetero) is 1. The Balaban J connectivity index is 1.13. The predicted octanol–water partition coefficient (Wildman–Crippen LogP) is 4.54. The molecule has 1 aromatic rings. The number of rotatable bonds is 9. The van der Waals surface area contributed by atoms with Gasteiger partial charge in [-0.25, -0.2) is 4.79 Å². The minimum atomic E-state index is -0.189. The van der Waals surface area contributed by atoms with Gasteiger partial charge in [-0.05, 0) is 76.7 Å². The second-order valence-electron chi connectivity index (χ2n) is 13.7. The first-order chi connectivity index (χ1) is 19.8. The highest BCUT2D eigenvalue weighted by atomic mass is 16.5. The van der Waals surface area contributed by atoms with Gasteiger partial charge in [-0.3, -0.25) is 14.5 Å². The second-order valence-corrected chi connectivity index (χ2v) is 13.7. The molecule has 0 radical (unpaired) electrons. The zero-order valence-corrected chi connectivity index (χ0v) is 24.9. The molecule has 2 bridgehead atoms. The highest BCUT2D eigenvalue weighted by molar-refractivity contribution is 5.90. The average molecular weight is 565 g/mol. The van der Waals surface area contributed by atoms with E-state index < -0.39 is 0 Å². The van der Waals surface area contributed by atoms with Crippen LogP contribution in [0.3, 0.4) is 0 Å². The monoisotopic (exact) mass is 564 g/mol. The van der Waals surface area contributed by atoms with Crippen LogP contribution in [0.15, 0.2) is 30.3 Å². The number of amides is 3. The van der Waals surface area contributed by atoms with E-state index in [2.05, 4.69) is 46.0 Å². The summed E-state index contributed by atoms with van der Waals surface area (Å²) in [5.41, 5.74) is 1.04. The van der Waals surface area contributed by atoms with Crippen LogP contribution in [0.25, 0.3) is 0 Å². The van der Waals surface area contributed by atoms with Gasteiger partial charge in [0.15, 0.2) is 0 Å². The third-order valence-corrected chi connectivity index (χ3v) is 10.6. The molecule has 4 heterocycles. The van der Waals surface area contributed by atoms with Gasteiger partial charge >= 0.3 is 6.03 Å². The fraction of sp³-hybridized carbons (Fsp3) is 0.727. The summed E-state index contributed by atoms with van der Waals surface area (Å²) >= 11 is 0. The van der Waals surface area contributed by atoms with Gasteiger partial charge in [-0.2, -0.15) is 0 Å². The van der Waals surface area contributed by atoms with E-state index >= 15 is 0 Å². The van der Waals surface area contributed by atoms with E-state index in [1.807, 2.05) is 18.2 Å². The smallest absolute Gasteiger partial charge is 0.320 e. The molecular formula is C33H48N4O4. The first kappa shape index (κ1) is 28.7. The summed E-state index contributed by atoms with van der Waals surface area (Å²) in [7, 11) is 0. The van der Waals surface area contributed by atoms with Crippen molar-refractivity contribution < 1.29 is 19.1 Å². The van der Waals surface area contributed by atoms with Crippen LogP contribution in [0, 0.1) is 11.8 Å². The third kappa shape index (κ3) is 5.92. The van der Waals surface area contributed by atoms with Crippen LogP contribution in [0.4, 0.5) is 4.79 Å². The molecule has 1 spiro atoms. The van der Waals surface area contributed by atoms with Crippen molar-refractivity contribution in [1.82, 2.24) is 20.0 Å². The molecule has 1 N–H and O–H groups in total. The van der Waals surface area contributed by atoms with Crippen LogP contribution >= 0.6 is 0 Å². The van der Waals surface area contributed by atoms with E-state index in [-0.39, 0.29) is 41.3 Å². The highest BCUT2D eigenvalue weighted by Gasteiger charge is 2.57. The number of carbonyl (C=O) groups is 3. The number of hydrogen-bond acceptors (Lipinski definition) is 5. The van der Waals surface area contributed by atoms with E-state index in [1.54, 1.807) is 0 Å². The van der Waals surface area contributed by atoms with Gasteiger partial charge < -0.3 is 19.9 Å². The molecule has 1 saturated carbocycles. The molecule has 8 nitrogen and oxygen atoms in total. The minimum Gasteiger partial charge on any atom is -0.381 e. The van der Waals surface area contributed by atoms with Crippen molar-refractivity contribution >= 4 is 17.7 Å². The predicted molar refractivity (Wildman–Crippen MR) is 157 cm³/mol. The maximum Gasteiger partial charge on any atom is 0.320 e. The fourth-order valence-electron chi connectivity index (χ4n) is 8.72. The number of ether oxygens (including phenoxy) is 1. The number of piperidine rings is 1. The SMILES string of the molecule is CC(C)N1C(=O)N(CC2CCOCC2)CC12CC1CCC(C2)N1CC[C@H](NC(=O)C1CCC(=O)C1)c1ccccc1. The van der Waals surface area contributed by atoms with Crippen molar-refractivity contribution in [2.45, 2.75) is 108 Å². The summed E-state index contributed by atoms with van der Waals surface area (Å²) in [6.45, 7) is 8.62. The van der Waals surface area contributed by atoms with E-state index in [0.29, 0.717) is 37.3 Å². The number of fused-ring (bicyclic) bond motifs is 2. The number of urea groups is 1. The Bertz CT molecular complexity index is 1090. The van der Waals surface area contributed by atoms with Crippen LogP contribution in [-0.2, 0) is 14.3 Å². The number of nitrogens with zero attached hydrogens (tertiary/aromatic N) is 3. The first-order valence-corrected chi connectivity index (χ1v) is 16.1. The average Bonchev–Trinajstić information content (AvgIpc) is 3.59. The van der Waals surface area contributed by atoms with Gasteiger partial charge in [-0.1, -0.05) is 30.3 Å². The molecule has 4 aliphatic heterocycles. The van der Waals surface area contributed by atoms with E-state index in [0.717, 1.165) is 70.5 Å². The minimum absolute atomic E-state index is 0.0203. The number of ketones is 1. The van der Waals surface area contributed by atoms with Gasteiger partial charge in [0.25, 0.3) is 0 Å². The zero-order valence-electron chi connectivity index (χ0n) is 24.9. The quantitative estimate of drug-likeness (QED) is 0.476. The van der Waals surface area contributed by atoms with Crippen LogP contribution < -0.4 is 5.32 Å². The molecule has 4 atom stereocenters. The summed E-state index contributed by atoms with van der Waals surface area (Å²) in [6.07, 6.45) is 8.94. The molecule has 224 valence electrons. The number of hydrogen-bond donors (Lipinski definition) is 1. The summed E-state index contributed by atoms with van der Waals surface area (Å²) in [6, 6.07) is 11.6. The maximum atomic E-state index is 13.8. The van der Waals surface area contributed by atoms with Gasteiger partial charge in [0.1, 0.15) is 5.78 Å². The Morgan fingerprint density at radius 1 is 1.02 bits per heavy atom. The highest BCUT2D eigenvalue weighted by Crippen LogP contribution is 2.48. The lowest BCUT2D eigenvalue weighted by Crippen LogP contribution is -2.60. The molecule has 5 fully saturated rings. The Morgan fingerprint density at radius 2 is 1.73 bits per heavy atom. The lowest BCUT2D eigenvalue weighted by molar-refractivity contribution is -0.127. The van der Waals surface area contributed by atoms with Gasteiger partial charge in [0.05, 0.1) is 11.6 Å². The van der Waals surface area contributed by atoms with Crippen molar-refractivity contribution in [2.75, 3.05) is 32.8 Å². The number of benzene rings is 1. The molecule has 41 heavy (non-hydrogen) atoms. The molecule has 4 saturated heterocycles. The van der Waals surface area contributed by atoms with Crippen LogP contribution in [-0.4, -0.2) is 88.9 Å². The summed E-state index contributed by atoms with van der Waals surface area (Å²) in [5, 5.41) is 3.32. The lowest BCUT2D eigenvalue weighted by Gasteiger charge is -2.49. The Labute approximate surface area is 245 Å². The van der Waals surface area contributed by atoms with Crippen molar-refractivity contribution in [3.63, 3.8) is 0 Å². The maximum absolute atomic E-state index is 13.8. The van der Waals surface area contributed by atoms with Gasteiger partial charge in [-0.15, -0.1) is 0 Å². The Kier molecular flexibility index (Phi) is 8.42. The fourth-order valence-corrected chi connectivity index (χ4v) is 8.72. The van der Waals surface area contributed by atoms with Crippen molar-refractivity contribution in [3.05, 3.63) is 35.9 Å². The normalized spacial score (nSPS) is 31.5. The summed E-state index contributed by atoms with van der Waals surface area (Å²) in [5.74, 6) is 0.575.